The highest BCUT2D eigenvalue weighted by Crippen LogP contribution is 2.50. The van der Waals surface area contributed by atoms with Gasteiger partial charge >= 0.3 is 0 Å². The van der Waals surface area contributed by atoms with Gasteiger partial charge in [-0.05, 0) is 25.0 Å². The van der Waals surface area contributed by atoms with Crippen molar-refractivity contribution in [1.29, 1.82) is 0 Å². The highest BCUT2D eigenvalue weighted by atomic mass is 16.7. The van der Waals surface area contributed by atoms with Gasteiger partial charge in [0.15, 0.2) is 18.1 Å². The summed E-state index contributed by atoms with van der Waals surface area (Å²) in [5.74, 6) is 1.82. The van der Waals surface area contributed by atoms with Gasteiger partial charge in [0.2, 0.25) is 6.79 Å². The summed E-state index contributed by atoms with van der Waals surface area (Å²) in [6.07, 6.45) is 1.81. The molecule has 1 amide bonds. The molecule has 0 aromatic heterocycles. The summed E-state index contributed by atoms with van der Waals surface area (Å²) < 4.78 is 22.0. The molecular formula is C19H26N2O6. The summed E-state index contributed by atoms with van der Waals surface area (Å²) in [5.41, 5.74) is 5.28. The molecule has 4 rings (SSSR count). The van der Waals surface area contributed by atoms with Crippen LogP contribution in [0, 0.1) is 5.41 Å². The monoisotopic (exact) mass is 378 g/mol. The largest absolute Gasteiger partial charge is 0.484 e. The first-order valence-corrected chi connectivity index (χ1v) is 9.42. The van der Waals surface area contributed by atoms with Gasteiger partial charge in [0.25, 0.3) is 5.91 Å². The Kier molecular flexibility index (Phi) is 5.12. The minimum absolute atomic E-state index is 0.0255. The van der Waals surface area contributed by atoms with Gasteiger partial charge in [-0.3, -0.25) is 4.79 Å². The van der Waals surface area contributed by atoms with E-state index < -0.39 is 0 Å². The molecule has 2 heterocycles. The second kappa shape index (κ2) is 7.53. The van der Waals surface area contributed by atoms with Crippen LogP contribution in [-0.2, 0) is 9.53 Å². The zero-order chi connectivity index (χ0) is 18.9. The number of rotatable bonds is 6. The number of hydrogen-bond acceptors (Lipinski definition) is 7. The van der Waals surface area contributed by atoms with Crippen LogP contribution < -0.4 is 19.9 Å². The molecule has 0 bridgehead atoms. The lowest BCUT2D eigenvalue weighted by Crippen LogP contribution is -2.63. The third kappa shape index (κ3) is 3.44. The van der Waals surface area contributed by atoms with Crippen LogP contribution in [0.15, 0.2) is 18.2 Å². The molecule has 8 heteroatoms. The number of piperidine rings is 1. The van der Waals surface area contributed by atoms with E-state index in [0.717, 1.165) is 12.8 Å². The second-order valence-electron chi connectivity index (χ2n) is 7.32. The topological polar surface area (TPSA) is 103 Å². The summed E-state index contributed by atoms with van der Waals surface area (Å²) in [5, 5.41) is 10.3. The zero-order valence-corrected chi connectivity index (χ0v) is 15.3. The Balaban J connectivity index is 1.27. The number of fused-ring (bicyclic) bond motifs is 1. The molecule has 148 valence electrons. The molecule has 1 saturated heterocycles. The van der Waals surface area contributed by atoms with Crippen LogP contribution in [0.1, 0.15) is 19.3 Å². The number of likely N-dealkylation sites (tertiary alicyclic amines) is 1. The lowest BCUT2D eigenvalue weighted by atomic mass is 9.58. The van der Waals surface area contributed by atoms with Crippen LogP contribution in [0.2, 0.25) is 0 Å². The van der Waals surface area contributed by atoms with Crippen molar-refractivity contribution in [2.45, 2.75) is 31.5 Å². The van der Waals surface area contributed by atoms with Gasteiger partial charge < -0.3 is 34.7 Å². The summed E-state index contributed by atoms with van der Waals surface area (Å²) in [6, 6.07) is 5.26. The fourth-order valence-electron chi connectivity index (χ4n) is 4.20. The summed E-state index contributed by atoms with van der Waals surface area (Å²) in [4.78, 5) is 14.3. The minimum atomic E-state index is -0.359. The van der Waals surface area contributed by atoms with Crippen LogP contribution in [0.5, 0.6) is 17.2 Å². The first-order valence-electron chi connectivity index (χ1n) is 9.42. The van der Waals surface area contributed by atoms with E-state index in [-0.39, 0.29) is 36.9 Å². The van der Waals surface area contributed by atoms with Crippen LogP contribution in [-0.4, -0.2) is 67.8 Å². The molecule has 1 aromatic rings. The predicted octanol–water partition coefficient (Wildman–Crippen LogP) is 0.511. The average molecular weight is 378 g/mol. The normalized spacial score (nSPS) is 25.3. The maximum absolute atomic E-state index is 12.5. The molecule has 1 aromatic carbocycles. The van der Waals surface area contributed by atoms with Crippen molar-refractivity contribution in [2.24, 2.45) is 11.1 Å². The molecule has 1 aliphatic carbocycles. The first kappa shape index (κ1) is 18.3. The van der Waals surface area contributed by atoms with E-state index in [1.54, 1.807) is 23.1 Å². The Bertz CT molecular complexity index is 689. The van der Waals surface area contributed by atoms with E-state index in [1.165, 1.54) is 0 Å². The molecule has 2 aliphatic heterocycles. The molecule has 27 heavy (non-hydrogen) atoms. The minimum Gasteiger partial charge on any atom is -0.484 e. The molecule has 0 unspecified atom stereocenters. The molecule has 1 saturated carbocycles. The second-order valence-corrected chi connectivity index (χ2v) is 7.32. The zero-order valence-electron chi connectivity index (χ0n) is 15.3. The third-order valence-corrected chi connectivity index (χ3v) is 5.93. The van der Waals surface area contributed by atoms with Crippen molar-refractivity contribution in [3.8, 4) is 17.2 Å². The SMILES string of the molecule is NCCO[C@H]1C[C@@H](O)C12CCN(C(=O)COc1ccc3c(c1)OCO3)CC2. The van der Waals surface area contributed by atoms with E-state index in [9.17, 15) is 9.90 Å². The van der Waals surface area contributed by atoms with Gasteiger partial charge in [0.05, 0.1) is 18.8 Å². The summed E-state index contributed by atoms with van der Waals surface area (Å²) in [6.45, 7) is 2.36. The molecule has 2 atom stereocenters. The van der Waals surface area contributed by atoms with Gasteiger partial charge in [0.1, 0.15) is 5.75 Å². The van der Waals surface area contributed by atoms with Crippen molar-refractivity contribution < 1.29 is 28.8 Å². The maximum Gasteiger partial charge on any atom is 0.260 e. The fourth-order valence-corrected chi connectivity index (χ4v) is 4.20. The predicted molar refractivity (Wildman–Crippen MR) is 95.7 cm³/mol. The molecule has 1 spiro atoms. The number of ether oxygens (including phenoxy) is 4. The highest BCUT2D eigenvalue weighted by molar-refractivity contribution is 5.78. The number of hydrogen-bond donors (Lipinski definition) is 2. The summed E-state index contributed by atoms with van der Waals surface area (Å²) in [7, 11) is 0. The standard InChI is InChI=1S/C19H26N2O6/c20-5-8-24-17-10-16(22)19(17)3-6-21(7-4-19)18(23)11-25-13-1-2-14-15(9-13)27-12-26-14/h1-2,9,16-17,22H,3-8,10-12,20H2/t16-,17+/m1/s1. The molecule has 0 radical (unpaired) electrons. The maximum atomic E-state index is 12.5. The van der Waals surface area contributed by atoms with Crippen molar-refractivity contribution in [3.05, 3.63) is 18.2 Å². The Morgan fingerprint density at radius 3 is 2.81 bits per heavy atom. The number of amides is 1. The smallest absolute Gasteiger partial charge is 0.260 e. The fraction of sp³-hybridized carbons (Fsp3) is 0.632. The highest BCUT2D eigenvalue weighted by Gasteiger charge is 2.56. The number of benzene rings is 1. The Labute approximate surface area is 158 Å². The van der Waals surface area contributed by atoms with Crippen molar-refractivity contribution >= 4 is 5.91 Å². The summed E-state index contributed by atoms with van der Waals surface area (Å²) >= 11 is 0. The van der Waals surface area contributed by atoms with Gasteiger partial charge in [-0.25, -0.2) is 0 Å². The third-order valence-electron chi connectivity index (χ3n) is 5.93. The van der Waals surface area contributed by atoms with E-state index in [1.807, 2.05) is 0 Å². The van der Waals surface area contributed by atoms with E-state index in [2.05, 4.69) is 0 Å². The van der Waals surface area contributed by atoms with Crippen LogP contribution >= 0.6 is 0 Å². The lowest BCUT2D eigenvalue weighted by molar-refractivity contribution is -0.210. The van der Waals surface area contributed by atoms with Crippen molar-refractivity contribution in [1.82, 2.24) is 4.90 Å². The molecule has 8 nitrogen and oxygen atoms in total. The number of nitrogens with zero attached hydrogens (tertiary/aromatic N) is 1. The van der Waals surface area contributed by atoms with E-state index >= 15 is 0 Å². The number of aliphatic hydroxyl groups is 1. The van der Waals surface area contributed by atoms with E-state index in [4.69, 9.17) is 24.7 Å². The quantitative estimate of drug-likeness (QED) is 0.743. The van der Waals surface area contributed by atoms with Crippen LogP contribution in [0.4, 0.5) is 0 Å². The molecule has 3 N–H and O–H groups in total. The average Bonchev–Trinajstić information content (AvgIpc) is 3.17. The van der Waals surface area contributed by atoms with Gasteiger partial charge in [-0.15, -0.1) is 0 Å². The Hall–Kier alpha value is -2.03. The number of aliphatic hydroxyl groups excluding tert-OH is 1. The molecule has 3 aliphatic rings. The van der Waals surface area contributed by atoms with Gasteiger partial charge in [-0.2, -0.15) is 0 Å². The molecular weight excluding hydrogens is 352 g/mol. The van der Waals surface area contributed by atoms with Crippen molar-refractivity contribution in [3.63, 3.8) is 0 Å². The number of carbonyl (C=O) groups is 1. The Morgan fingerprint density at radius 2 is 2.07 bits per heavy atom. The van der Waals surface area contributed by atoms with Gasteiger partial charge in [0, 0.05) is 37.5 Å². The number of nitrogens with two attached hydrogens (primary N) is 1. The molecule has 2 fully saturated rings. The van der Waals surface area contributed by atoms with Crippen LogP contribution in [0.25, 0.3) is 0 Å². The van der Waals surface area contributed by atoms with Crippen molar-refractivity contribution in [2.75, 3.05) is 39.6 Å². The lowest BCUT2D eigenvalue weighted by Gasteiger charge is -2.56. The van der Waals surface area contributed by atoms with Crippen LogP contribution in [0.3, 0.4) is 0 Å². The first-order chi connectivity index (χ1) is 13.1. The number of carbonyl (C=O) groups excluding carboxylic acids is 1. The Morgan fingerprint density at radius 1 is 1.30 bits per heavy atom. The van der Waals surface area contributed by atoms with Gasteiger partial charge in [-0.1, -0.05) is 0 Å². The van der Waals surface area contributed by atoms with E-state index in [0.29, 0.717) is 49.9 Å².